The minimum absolute atomic E-state index is 0.00804. The summed E-state index contributed by atoms with van der Waals surface area (Å²) in [5, 5.41) is 21.4. The molecule has 1 aromatic heterocycles. The van der Waals surface area contributed by atoms with Gasteiger partial charge in [0.05, 0.1) is 23.8 Å². The van der Waals surface area contributed by atoms with Crippen molar-refractivity contribution < 1.29 is 19.2 Å². The standard InChI is InChI=1S/C22H17N3O5/c1-13-9-14(22-24-18-5-3-4-6-19(18)30-22)7-8-17(13)23-12-15-10-16(25(27)28)11-20(29-2)21(15)26/h3-12,26H,1-2H3. The Hall–Kier alpha value is -4.20. The molecule has 0 aliphatic heterocycles. The van der Waals surface area contributed by atoms with E-state index >= 15 is 0 Å². The molecule has 1 heterocycles. The number of nitro groups is 1. The number of oxazole rings is 1. The number of aromatic hydroxyl groups is 1. The van der Waals surface area contributed by atoms with Crippen LogP contribution in [0.25, 0.3) is 22.6 Å². The minimum atomic E-state index is -0.556. The Morgan fingerprint density at radius 1 is 1.20 bits per heavy atom. The van der Waals surface area contributed by atoms with Gasteiger partial charge < -0.3 is 14.3 Å². The van der Waals surface area contributed by atoms with Crippen LogP contribution in [0.15, 0.2) is 64.0 Å². The number of ether oxygens (including phenoxy) is 1. The number of rotatable bonds is 5. The molecule has 0 saturated heterocycles. The van der Waals surface area contributed by atoms with E-state index in [2.05, 4.69) is 9.98 Å². The van der Waals surface area contributed by atoms with Crippen molar-refractivity contribution in [2.24, 2.45) is 4.99 Å². The van der Waals surface area contributed by atoms with E-state index in [4.69, 9.17) is 9.15 Å². The van der Waals surface area contributed by atoms with Crippen LogP contribution in [0, 0.1) is 17.0 Å². The molecule has 0 fully saturated rings. The number of nitrogens with zero attached hydrogens (tertiary/aromatic N) is 3. The van der Waals surface area contributed by atoms with Gasteiger partial charge in [0.1, 0.15) is 5.52 Å². The number of methoxy groups -OCH3 is 1. The molecule has 8 heteroatoms. The molecule has 8 nitrogen and oxygen atoms in total. The number of phenolic OH excluding ortho intramolecular Hbond substituents is 1. The van der Waals surface area contributed by atoms with Crippen LogP contribution < -0.4 is 4.74 Å². The molecule has 0 saturated carbocycles. The van der Waals surface area contributed by atoms with Crippen molar-refractivity contribution in [2.75, 3.05) is 7.11 Å². The molecular weight excluding hydrogens is 386 g/mol. The van der Waals surface area contributed by atoms with E-state index < -0.39 is 4.92 Å². The Kier molecular flexibility index (Phi) is 4.89. The smallest absolute Gasteiger partial charge is 0.274 e. The van der Waals surface area contributed by atoms with Gasteiger partial charge in [0.2, 0.25) is 5.89 Å². The van der Waals surface area contributed by atoms with Gasteiger partial charge in [0, 0.05) is 23.4 Å². The highest BCUT2D eigenvalue weighted by atomic mass is 16.6. The van der Waals surface area contributed by atoms with Crippen LogP contribution >= 0.6 is 0 Å². The number of aromatic nitrogens is 1. The molecular formula is C22H17N3O5. The molecule has 0 unspecified atom stereocenters. The maximum absolute atomic E-state index is 11.1. The number of fused-ring (bicyclic) bond motifs is 1. The zero-order chi connectivity index (χ0) is 21.3. The van der Waals surface area contributed by atoms with Gasteiger partial charge in [-0.05, 0) is 42.8 Å². The van der Waals surface area contributed by atoms with Gasteiger partial charge in [0.15, 0.2) is 17.1 Å². The zero-order valence-electron chi connectivity index (χ0n) is 16.2. The molecule has 0 bridgehead atoms. The van der Waals surface area contributed by atoms with Gasteiger partial charge >= 0.3 is 0 Å². The van der Waals surface area contributed by atoms with Gasteiger partial charge in [-0.3, -0.25) is 15.1 Å². The van der Waals surface area contributed by atoms with E-state index in [1.807, 2.05) is 43.3 Å². The molecule has 0 aliphatic rings. The molecule has 0 radical (unpaired) electrons. The Morgan fingerprint density at radius 3 is 2.70 bits per heavy atom. The number of aryl methyl sites for hydroxylation is 1. The first-order valence-corrected chi connectivity index (χ1v) is 9.02. The van der Waals surface area contributed by atoms with Crippen molar-refractivity contribution in [1.29, 1.82) is 0 Å². The maximum Gasteiger partial charge on any atom is 0.274 e. The summed E-state index contributed by atoms with van der Waals surface area (Å²) < 4.78 is 10.8. The summed E-state index contributed by atoms with van der Waals surface area (Å²) in [6, 6.07) is 15.4. The van der Waals surface area contributed by atoms with E-state index in [1.165, 1.54) is 19.4 Å². The average Bonchev–Trinajstić information content (AvgIpc) is 3.18. The van der Waals surface area contributed by atoms with Crippen LogP contribution in [0.5, 0.6) is 11.5 Å². The summed E-state index contributed by atoms with van der Waals surface area (Å²) in [6.45, 7) is 1.88. The normalized spacial score (nSPS) is 11.3. The highest BCUT2D eigenvalue weighted by Gasteiger charge is 2.16. The SMILES string of the molecule is COc1cc([N+](=O)[O-])cc(C=Nc2ccc(-c3nc4ccccc4o3)cc2C)c1O. The summed E-state index contributed by atoms with van der Waals surface area (Å²) >= 11 is 0. The predicted octanol–water partition coefficient (Wildman–Crippen LogP) is 5.18. The van der Waals surface area contributed by atoms with E-state index in [0.29, 0.717) is 17.2 Å². The largest absolute Gasteiger partial charge is 0.504 e. The molecule has 150 valence electrons. The third-order valence-corrected chi connectivity index (χ3v) is 4.60. The highest BCUT2D eigenvalue weighted by Crippen LogP contribution is 2.34. The molecule has 1 N–H and O–H groups in total. The summed E-state index contributed by atoms with van der Waals surface area (Å²) in [5.41, 5.74) is 3.77. The van der Waals surface area contributed by atoms with Crippen LogP contribution in [-0.2, 0) is 0 Å². The number of hydrogen-bond donors (Lipinski definition) is 1. The van der Waals surface area contributed by atoms with Crippen LogP contribution in [0.1, 0.15) is 11.1 Å². The monoisotopic (exact) mass is 403 g/mol. The van der Waals surface area contributed by atoms with Crippen LogP contribution in [0.3, 0.4) is 0 Å². The van der Waals surface area contributed by atoms with Crippen molar-refractivity contribution in [3.05, 3.63) is 75.8 Å². The first-order valence-electron chi connectivity index (χ1n) is 9.02. The maximum atomic E-state index is 11.1. The Labute approximate surface area is 171 Å². The lowest BCUT2D eigenvalue weighted by Crippen LogP contribution is -1.94. The lowest BCUT2D eigenvalue weighted by atomic mass is 10.1. The topological polar surface area (TPSA) is 111 Å². The fourth-order valence-corrected chi connectivity index (χ4v) is 3.04. The molecule has 0 aliphatic carbocycles. The van der Waals surface area contributed by atoms with Gasteiger partial charge in [-0.1, -0.05) is 12.1 Å². The van der Waals surface area contributed by atoms with Crippen molar-refractivity contribution >= 4 is 28.7 Å². The van der Waals surface area contributed by atoms with Crippen LogP contribution in [0.4, 0.5) is 11.4 Å². The molecule has 0 spiro atoms. The first kappa shape index (κ1) is 19.1. The van der Waals surface area contributed by atoms with Crippen molar-refractivity contribution in [3.63, 3.8) is 0 Å². The van der Waals surface area contributed by atoms with E-state index in [0.717, 1.165) is 22.7 Å². The highest BCUT2D eigenvalue weighted by molar-refractivity contribution is 5.88. The third kappa shape index (κ3) is 3.58. The molecule has 0 amide bonds. The number of nitro benzene ring substituents is 1. The zero-order valence-corrected chi connectivity index (χ0v) is 16.2. The summed E-state index contributed by atoms with van der Waals surface area (Å²) in [7, 11) is 1.33. The molecule has 0 atom stereocenters. The average molecular weight is 403 g/mol. The fraction of sp³-hybridized carbons (Fsp3) is 0.0909. The molecule has 30 heavy (non-hydrogen) atoms. The van der Waals surface area contributed by atoms with Crippen LogP contribution in [-0.4, -0.2) is 28.3 Å². The Balaban J connectivity index is 1.66. The second kappa shape index (κ2) is 7.67. The second-order valence-electron chi connectivity index (χ2n) is 6.59. The minimum Gasteiger partial charge on any atom is -0.504 e. The summed E-state index contributed by atoms with van der Waals surface area (Å²) in [4.78, 5) is 19.4. The molecule has 3 aromatic carbocycles. The fourth-order valence-electron chi connectivity index (χ4n) is 3.04. The lowest BCUT2D eigenvalue weighted by Gasteiger charge is -2.06. The van der Waals surface area contributed by atoms with Crippen molar-refractivity contribution in [3.8, 4) is 23.0 Å². The lowest BCUT2D eigenvalue weighted by molar-refractivity contribution is -0.385. The number of non-ortho nitro benzene ring substituents is 1. The van der Waals surface area contributed by atoms with E-state index in [1.54, 1.807) is 6.07 Å². The third-order valence-electron chi connectivity index (χ3n) is 4.60. The Morgan fingerprint density at radius 2 is 2.00 bits per heavy atom. The van der Waals surface area contributed by atoms with Crippen LogP contribution in [0.2, 0.25) is 0 Å². The van der Waals surface area contributed by atoms with Crippen molar-refractivity contribution in [2.45, 2.75) is 6.92 Å². The Bertz CT molecular complexity index is 1260. The van der Waals surface area contributed by atoms with Gasteiger partial charge in [-0.15, -0.1) is 0 Å². The number of phenols is 1. The molecule has 4 aromatic rings. The summed E-state index contributed by atoms with van der Waals surface area (Å²) in [5.74, 6) is 0.303. The predicted molar refractivity (Wildman–Crippen MR) is 113 cm³/mol. The van der Waals surface area contributed by atoms with Crippen molar-refractivity contribution in [1.82, 2.24) is 4.98 Å². The second-order valence-corrected chi connectivity index (χ2v) is 6.59. The van der Waals surface area contributed by atoms with Gasteiger partial charge in [-0.2, -0.15) is 0 Å². The number of benzene rings is 3. The van der Waals surface area contributed by atoms with E-state index in [9.17, 15) is 15.2 Å². The van der Waals surface area contributed by atoms with E-state index in [-0.39, 0.29) is 22.7 Å². The summed E-state index contributed by atoms with van der Waals surface area (Å²) in [6.07, 6.45) is 1.37. The number of hydrogen-bond acceptors (Lipinski definition) is 7. The quantitative estimate of drug-likeness (QED) is 0.279. The number of aliphatic imine (C=N–C) groups is 1. The first-order chi connectivity index (χ1) is 14.5. The van der Waals surface area contributed by atoms with Gasteiger partial charge in [-0.25, -0.2) is 4.98 Å². The van der Waals surface area contributed by atoms with Gasteiger partial charge in [0.25, 0.3) is 5.69 Å². The number of para-hydroxylation sites is 2. The molecule has 4 rings (SSSR count).